The highest BCUT2D eigenvalue weighted by Crippen LogP contribution is 2.55. The minimum absolute atomic E-state index is 0.309. The Kier molecular flexibility index (Phi) is 4.73. The van der Waals surface area contributed by atoms with E-state index in [2.05, 4.69) is 134 Å². The van der Waals surface area contributed by atoms with E-state index in [1.165, 1.54) is 50.1 Å². The lowest BCUT2D eigenvalue weighted by atomic mass is 9.67. The van der Waals surface area contributed by atoms with Gasteiger partial charge in [-0.15, -0.1) is 0 Å². The van der Waals surface area contributed by atoms with Crippen molar-refractivity contribution >= 4 is 0 Å². The summed E-state index contributed by atoms with van der Waals surface area (Å²) in [6.07, 6.45) is 0.952. The molecule has 5 aromatic rings. The average molecular weight is 423 g/mol. The van der Waals surface area contributed by atoms with Gasteiger partial charge >= 0.3 is 0 Å². The van der Waals surface area contributed by atoms with E-state index in [9.17, 15) is 0 Å². The molecule has 0 radical (unpaired) electrons. The maximum atomic E-state index is 2.34. The summed E-state index contributed by atoms with van der Waals surface area (Å²) < 4.78 is 0. The molecule has 0 aromatic heterocycles. The van der Waals surface area contributed by atoms with Gasteiger partial charge in [-0.25, -0.2) is 0 Å². The molecule has 0 N–H and O–H groups in total. The standard InChI is InChI=1S/C33H26/c1-24-10-9-11-26(22-24)23-25-18-20-28(21-19-25)33(27-12-3-2-4-13-27)31-16-7-5-14-29(31)30-15-6-8-17-32(30)33/h2-22H,23H2,1H3. The number of rotatable bonds is 4. The van der Waals surface area contributed by atoms with Crippen LogP contribution < -0.4 is 0 Å². The van der Waals surface area contributed by atoms with Crippen molar-refractivity contribution in [1.29, 1.82) is 0 Å². The van der Waals surface area contributed by atoms with Gasteiger partial charge in [0, 0.05) is 0 Å². The van der Waals surface area contributed by atoms with Crippen LogP contribution in [-0.2, 0) is 11.8 Å². The van der Waals surface area contributed by atoms with Gasteiger partial charge in [0.15, 0.2) is 0 Å². The minimum atomic E-state index is -0.309. The molecule has 158 valence electrons. The van der Waals surface area contributed by atoms with Crippen molar-refractivity contribution in [3.63, 3.8) is 0 Å². The summed E-state index contributed by atoms with van der Waals surface area (Å²) in [4.78, 5) is 0. The second kappa shape index (κ2) is 7.90. The Morgan fingerprint density at radius 3 is 1.70 bits per heavy atom. The first-order valence-corrected chi connectivity index (χ1v) is 11.7. The van der Waals surface area contributed by atoms with Crippen LogP contribution in [0, 0.1) is 6.92 Å². The van der Waals surface area contributed by atoms with E-state index >= 15 is 0 Å². The molecule has 0 spiro atoms. The van der Waals surface area contributed by atoms with Crippen LogP contribution in [0.5, 0.6) is 0 Å². The minimum Gasteiger partial charge on any atom is -0.0622 e. The summed E-state index contributed by atoms with van der Waals surface area (Å²) in [5.74, 6) is 0. The molecule has 0 atom stereocenters. The van der Waals surface area contributed by atoms with Gasteiger partial charge in [0.25, 0.3) is 0 Å². The second-order valence-electron chi connectivity index (χ2n) is 9.07. The number of aryl methyl sites for hydroxylation is 1. The molecule has 0 aliphatic heterocycles. The van der Waals surface area contributed by atoms with E-state index in [-0.39, 0.29) is 5.41 Å². The van der Waals surface area contributed by atoms with Crippen molar-refractivity contribution in [2.75, 3.05) is 0 Å². The van der Waals surface area contributed by atoms with E-state index in [0.29, 0.717) is 0 Å². The molecule has 0 nitrogen and oxygen atoms in total. The van der Waals surface area contributed by atoms with Crippen molar-refractivity contribution < 1.29 is 0 Å². The zero-order valence-electron chi connectivity index (χ0n) is 18.8. The van der Waals surface area contributed by atoms with Gasteiger partial charge in [-0.2, -0.15) is 0 Å². The summed E-state index contributed by atoms with van der Waals surface area (Å²) in [6, 6.07) is 46.9. The fraction of sp³-hybridized carbons (Fsp3) is 0.0909. The first-order chi connectivity index (χ1) is 16.3. The van der Waals surface area contributed by atoms with E-state index in [1.54, 1.807) is 0 Å². The average Bonchev–Trinajstić information content (AvgIpc) is 3.17. The molecule has 0 bridgehead atoms. The third-order valence-corrected chi connectivity index (χ3v) is 7.04. The molecule has 6 rings (SSSR count). The maximum Gasteiger partial charge on any atom is 0.0713 e. The smallest absolute Gasteiger partial charge is 0.0622 e. The zero-order valence-corrected chi connectivity index (χ0v) is 18.8. The van der Waals surface area contributed by atoms with E-state index in [1.807, 2.05) is 0 Å². The summed E-state index contributed by atoms with van der Waals surface area (Å²) >= 11 is 0. The lowest BCUT2D eigenvalue weighted by molar-refractivity contribution is 0.767. The SMILES string of the molecule is Cc1cccc(Cc2ccc(C3(c4ccccc4)c4ccccc4-c4ccccc43)cc2)c1. The number of fused-ring (bicyclic) bond motifs is 3. The Bertz CT molecular complexity index is 1380. The largest absolute Gasteiger partial charge is 0.0713 e. The predicted octanol–water partition coefficient (Wildman–Crippen LogP) is 7.95. The molecule has 1 aliphatic carbocycles. The fourth-order valence-electron chi connectivity index (χ4n) is 5.64. The first-order valence-electron chi connectivity index (χ1n) is 11.7. The van der Waals surface area contributed by atoms with Crippen LogP contribution in [-0.4, -0.2) is 0 Å². The molecular weight excluding hydrogens is 396 g/mol. The Morgan fingerprint density at radius 2 is 1.06 bits per heavy atom. The molecule has 0 heterocycles. The van der Waals surface area contributed by atoms with Crippen LogP contribution in [0.2, 0.25) is 0 Å². The van der Waals surface area contributed by atoms with Gasteiger partial charge in [-0.05, 0) is 57.9 Å². The topological polar surface area (TPSA) is 0 Å². The molecule has 0 saturated carbocycles. The van der Waals surface area contributed by atoms with Crippen LogP contribution in [0.4, 0.5) is 0 Å². The van der Waals surface area contributed by atoms with Gasteiger partial charge in [-0.3, -0.25) is 0 Å². The Morgan fingerprint density at radius 1 is 0.485 bits per heavy atom. The number of hydrogen-bond acceptors (Lipinski definition) is 0. The third kappa shape index (κ3) is 3.14. The molecule has 0 saturated heterocycles. The normalized spacial score (nSPS) is 13.4. The Labute approximate surface area is 196 Å². The van der Waals surface area contributed by atoms with Crippen LogP contribution in [0.25, 0.3) is 11.1 Å². The molecule has 5 aromatic carbocycles. The van der Waals surface area contributed by atoms with Gasteiger partial charge in [0.2, 0.25) is 0 Å². The highest BCUT2D eigenvalue weighted by molar-refractivity contribution is 5.86. The summed E-state index contributed by atoms with van der Waals surface area (Å²) in [7, 11) is 0. The lowest BCUT2D eigenvalue weighted by Crippen LogP contribution is -2.28. The van der Waals surface area contributed by atoms with Gasteiger partial charge in [0.05, 0.1) is 5.41 Å². The van der Waals surface area contributed by atoms with E-state index in [0.717, 1.165) is 6.42 Å². The van der Waals surface area contributed by atoms with Gasteiger partial charge in [-0.1, -0.05) is 133 Å². The van der Waals surface area contributed by atoms with Crippen molar-refractivity contribution in [2.24, 2.45) is 0 Å². The maximum absolute atomic E-state index is 2.34. The Balaban J connectivity index is 1.54. The number of benzene rings is 5. The summed E-state index contributed by atoms with van der Waals surface area (Å²) in [5, 5.41) is 0. The van der Waals surface area contributed by atoms with Crippen LogP contribution in [0.1, 0.15) is 38.9 Å². The summed E-state index contributed by atoms with van der Waals surface area (Å²) in [6.45, 7) is 2.16. The Hall–Kier alpha value is -3.90. The summed E-state index contributed by atoms with van der Waals surface area (Å²) in [5.41, 5.74) is 11.7. The molecule has 0 fully saturated rings. The predicted molar refractivity (Wildman–Crippen MR) is 138 cm³/mol. The number of hydrogen-bond donors (Lipinski definition) is 0. The quantitative estimate of drug-likeness (QED) is 0.270. The molecule has 0 heteroatoms. The molecule has 0 amide bonds. The molecule has 0 unspecified atom stereocenters. The van der Waals surface area contributed by atoms with Crippen LogP contribution in [0.3, 0.4) is 0 Å². The van der Waals surface area contributed by atoms with Crippen LogP contribution >= 0.6 is 0 Å². The van der Waals surface area contributed by atoms with Crippen LogP contribution in [0.15, 0.2) is 127 Å². The van der Waals surface area contributed by atoms with E-state index < -0.39 is 0 Å². The van der Waals surface area contributed by atoms with Crippen molar-refractivity contribution in [1.82, 2.24) is 0 Å². The van der Waals surface area contributed by atoms with Crippen molar-refractivity contribution in [3.05, 3.63) is 166 Å². The fourth-order valence-corrected chi connectivity index (χ4v) is 5.64. The highest BCUT2D eigenvalue weighted by Gasteiger charge is 2.45. The lowest BCUT2D eigenvalue weighted by Gasteiger charge is -2.34. The van der Waals surface area contributed by atoms with E-state index in [4.69, 9.17) is 0 Å². The second-order valence-corrected chi connectivity index (χ2v) is 9.07. The molecule has 1 aliphatic rings. The monoisotopic (exact) mass is 422 g/mol. The molecular formula is C33H26. The molecule has 33 heavy (non-hydrogen) atoms. The first kappa shape index (κ1) is 19.8. The highest BCUT2D eigenvalue weighted by atomic mass is 14.5. The third-order valence-electron chi connectivity index (χ3n) is 7.04. The van der Waals surface area contributed by atoms with Gasteiger partial charge < -0.3 is 0 Å². The van der Waals surface area contributed by atoms with Gasteiger partial charge in [0.1, 0.15) is 0 Å². The van der Waals surface area contributed by atoms with Crippen molar-refractivity contribution in [3.8, 4) is 11.1 Å². The zero-order chi connectivity index (χ0) is 22.3. The van der Waals surface area contributed by atoms with Crippen molar-refractivity contribution in [2.45, 2.75) is 18.8 Å².